The molecule has 0 bridgehead atoms. The second-order valence-electron chi connectivity index (χ2n) is 11.6. The Morgan fingerprint density at radius 3 is 1.70 bits per heavy atom. The van der Waals surface area contributed by atoms with Gasteiger partial charge in [0.15, 0.2) is 0 Å². The van der Waals surface area contributed by atoms with Crippen LogP contribution in [0.25, 0.3) is 0 Å². The van der Waals surface area contributed by atoms with Gasteiger partial charge in [-0.2, -0.15) is 0 Å². The Morgan fingerprint density at radius 1 is 0.758 bits per heavy atom. The zero-order valence-corrected chi connectivity index (χ0v) is 23.6. The fraction of sp³-hybridized carbons (Fsp3) is 0.517. The van der Waals surface area contributed by atoms with Crippen molar-refractivity contribution in [1.82, 2.24) is 0 Å². The molecule has 2 aromatic carbocycles. The number of hydrogen-bond acceptors (Lipinski definition) is 4. The lowest BCUT2D eigenvalue weighted by atomic mass is 9.81. The van der Waals surface area contributed by atoms with Crippen molar-refractivity contribution >= 4 is 21.6 Å². The van der Waals surface area contributed by atoms with Crippen molar-refractivity contribution in [3.05, 3.63) is 67.6 Å². The molecule has 180 valence electrons. The number of phenolic OH excluding ortho intramolecular Hbond substituents is 2. The fourth-order valence-electron chi connectivity index (χ4n) is 4.76. The van der Waals surface area contributed by atoms with Crippen molar-refractivity contribution in [1.29, 1.82) is 0 Å². The van der Waals surface area contributed by atoms with Gasteiger partial charge in [-0.15, -0.1) is 0 Å². The van der Waals surface area contributed by atoms with Crippen LogP contribution in [-0.2, 0) is 23.7 Å². The molecule has 0 amide bonds. The van der Waals surface area contributed by atoms with Crippen molar-refractivity contribution in [2.45, 2.75) is 98.2 Å². The first kappa shape index (κ1) is 26.1. The van der Waals surface area contributed by atoms with E-state index in [-0.39, 0.29) is 10.8 Å². The van der Waals surface area contributed by atoms with E-state index in [0.717, 1.165) is 35.1 Å². The smallest absolute Gasteiger partial charge is 0.122 e. The zero-order valence-electron chi connectivity index (χ0n) is 21.9. The lowest BCUT2D eigenvalue weighted by molar-refractivity contribution is 0.440. The molecule has 2 nitrogen and oxygen atoms in total. The molecule has 4 heteroatoms. The fourth-order valence-corrected chi connectivity index (χ4v) is 7.43. The molecule has 33 heavy (non-hydrogen) atoms. The Kier molecular flexibility index (Phi) is 7.32. The average molecular weight is 485 g/mol. The molecule has 0 aliphatic carbocycles. The SMILES string of the molecule is Cc1cc(C(C)(C)C)c(O)c(C)c1CC1=CSSC1Cc1c(C)cc(C(C)(C)C)c(O)c1C. The summed E-state index contributed by atoms with van der Waals surface area (Å²) in [5, 5.41) is 24.6. The van der Waals surface area contributed by atoms with E-state index in [2.05, 4.69) is 86.8 Å². The first-order valence-corrected chi connectivity index (χ1v) is 14.1. The maximum atomic E-state index is 11.0. The number of benzene rings is 2. The Labute approximate surface area is 208 Å². The molecule has 0 saturated carbocycles. The molecule has 0 saturated heterocycles. The summed E-state index contributed by atoms with van der Waals surface area (Å²) in [4.78, 5) is 0. The molecule has 0 fully saturated rings. The number of aromatic hydroxyl groups is 2. The third-order valence-electron chi connectivity index (χ3n) is 6.97. The van der Waals surface area contributed by atoms with E-state index in [4.69, 9.17) is 0 Å². The third-order valence-corrected chi connectivity index (χ3v) is 9.50. The molecule has 1 unspecified atom stereocenters. The highest BCUT2D eigenvalue weighted by Crippen LogP contribution is 2.46. The van der Waals surface area contributed by atoms with E-state index in [9.17, 15) is 10.2 Å². The van der Waals surface area contributed by atoms with Crippen LogP contribution < -0.4 is 0 Å². The van der Waals surface area contributed by atoms with Crippen LogP contribution in [0.15, 0.2) is 23.1 Å². The Bertz CT molecular complexity index is 1100. The maximum absolute atomic E-state index is 11.0. The minimum atomic E-state index is -0.0880. The number of aryl methyl sites for hydroxylation is 2. The molecule has 2 aromatic rings. The van der Waals surface area contributed by atoms with E-state index < -0.39 is 0 Å². The molecule has 1 aliphatic heterocycles. The van der Waals surface area contributed by atoms with E-state index in [1.54, 1.807) is 10.8 Å². The van der Waals surface area contributed by atoms with Crippen molar-refractivity contribution in [3.63, 3.8) is 0 Å². The van der Waals surface area contributed by atoms with Gasteiger partial charge in [-0.1, -0.05) is 75.3 Å². The summed E-state index contributed by atoms with van der Waals surface area (Å²) in [6.07, 6.45) is 1.76. The van der Waals surface area contributed by atoms with E-state index in [1.165, 1.54) is 27.8 Å². The second-order valence-corrected chi connectivity index (χ2v) is 14.0. The summed E-state index contributed by atoms with van der Waals surface area (Å²) in [5.41, 5.74) is 10.3. The first-order chi connectivity index (χ1) is 15.1. The summed E-state index contributed by atoms with van der Waals surface area (Å²) >= 11 is 0. The van der Waals surface area contributed by atoms with Crippen LogP contribution in [0.2, 0.25) is 0 Å². The van der Waals surface area contributed by atoms with Crippen LogP contribution in [0.4, 0.5) is 0 Å². The van der Waals surface area contributed by atoms with Gasteiger partial charge < -0.3 is 10.2 Å². The van der Waals surface area contributed by atoms with E-state index >= 15 is 0 Å². The summed E-state index contributed by atoms with van der Waals surface area (Å²) < 4.78 is 0. The summed E-state index contributed by atoms with van der Waals surface area (Å²) in [6, 6.07) is 4.34. The van der Waals surface area contributed by atoms with Gasteiger partial charge in [0.1, 0.15) is 11.5 Å². The lowest BCUT2D eigenvalue weighted by Crippen LogP contribution is -2.16. The van der Waals surface area contributed by atoms with Gasteiger partial charge >= 0.3 is 0 Å². The number of phenols is 2. The predicted molar refractivity (Wildman–Crippen MR) is 147 cm³/mol. The first-order valence-electron chi connectivity index (χ1n) is 11.8. The molecule has 3 rings (SSSR count). The predicted octanol–water partition coefficient (Wildman–Crippen LogP) is 8.36. The Morgan fingerprint density at radius 2 is 1.21 bits per heavy atom. The van der Waals surface area contributed by atoms with Crippen LogP contribution in [-0.4, -0.2) is 15.5 Å². The van der Waals surface area contributed by atoms with Crippen molar-refractivity contribution < 1.29 is 10.2 Å². The number of hydrogen-bond donors (Lipinski definition) is 2. The average Bonchev–Trinajstić information content (AvgIpc) is 3.13. The summed E-state index contributed by atoms with van der Waals surface area (Å²) in [7, 11) is 3.71. The number of rotatable bonds is 4. The Balaban J connectivity index is 1.91. The standard InChI is InChI=1S/C29H40O2S2/c1-16-11-23(28(5,6)7)26(30)18(3)21(16)13-20-15-32-33-25(20)14-22-17(2)12-24(29(8,9)10)27(31)19(22)4/h11-12,15,25,30-31H,13-14H2,1-10H3. The van der Waals surface area contributed by atoms with E-state index in [1.807, 2.05) is 10.8 Å². The monoisotopic (exact) mass is 484 g/mol. The molecule has 1 atom stereocenters. The summed E-state index contributed by atoms with van der Waals surface area (Å²) in [5.74, 6) is 0.881. The molecule has 1 heterocycles. The lowest BCUT2D eigenvalue weighted by Gasteiger charge is -2.26. The van der Waals surface area contributed by atoms with E-state index in [0.29, 0.717) is 16.7 Å². The van der Waals surface area contributed by atoms with Crippen LogP contribution >= 0.6 is 21.6 Å². The second kappa shape index (κ2) is 9.26. The van der Waals surface area contributed by atoms with Gasteiger partial charge in [-0.25, -0.2) is 0 Å². The van der Waals surface area contributed by atoms with Gasteiger partial charge in [-0.3, -0.25) is 0 Å². The third kappa shape index (κ3) is 5.27. The molecule has 0 aromatic heterocycles. The topological polar surface area (TPSA) is 40.5 Å². The van der Waals surface area contributed by atoms with Gasteiger partial charge in [0.25, 0.3) is 0 Å². The maximum Gasteiger partial charge on any atom is 0.122 e. The highest BCUT2D eigenvalue weighted by molar-refractivity contribution is 8.78. The van der Waals surface area contributed by atoms with Crippen molar-refractivity contribution in [3.8, 4) is 11.5 Å². The minimum absolute atomic E-state index is 0.0859. The highest BCUT2D eigenvalue weighted by atomic mass is 33.1. The van der Waals surface area contributed by atoms with Crippen LogP contribution in [0.3, 0.4) is 0 Å². The minimum Gasteiger partial charge on any atom is -0.507 e. The van der Waals surface area contributed by atoms with Gasteiger partial charge in [0, 0.05) is 5.25 Å². The molecule has 0 radical (unpaired) electrons. The molecule has 2 N–H and O–H groups in total. The zero-order chi connectivity index (χ0) is 24.9. The molecule has 0 spiro atoms. The normalized spacial score (nSPS) is 16.9. The summed E-state index contributed by atoms with van der Waals surface area (Å²) in [6.45, 7) is 21.3. The van der Waals surface area contributed by atoms with Crippen LogP contribution in [0.5, 0.6) is 11.5 Å². The quantitative estimate of drug-likeness (QED) is 0.428. The van der Waals surface area contributed by atoms with Crippen molar-refractivity contribution in [2.24, 2.45) is 0 Å². The van der Waals surface area contributed by atoms with Gasteiger partial charge in [-0.05, 0) is 107 Å². The molecular weight excluding hydrogens is 444 g/mol. The van der Waals surface area contributed by atoms with Gasteiger partial charge in [0.2, 0.25) is 0 Å². The molecule has 1 aliphatic rings. The van der Waals surface area contributed by atoms with Gasteiger partial charge in [0.05, 0.1) is 0 Å². The van der Waals surface area contributed by atoms with Crippen molar-refractivity contribution in [2.75, 3.05) is 0 Å². The molecular formula is C29H40O2S2. The Hall–Kier alpha value is -1.52. The van der Waals surface area contributed by atoms with Crippen LogP contribution in [0.1, 0.15) is 86.1 Å². The van der Waals surface area contributed by atoms with Crippen LogP contribution in [0, 0.1) is 27.7 Å². The highest BCUT2D eigenvalue weighted by Gasteiger charge is 2.28. The largest absolute Gasteiger partial charge is 0.507 e.